The number of anilines is 1. The van der Waals surface area contributed by atoms with Crippen LogP contribution in [0.3, 0.4) is 0 Å². The zero-order chi connectivity index (χ0) is 24.7. The highest BCUT2D eigenvalue weighted by atomic mass is 19.4. The highest BCUT2D eigenvalue weighted by Crippen LogP contribution is 2.40. The smallest absolute Gasteiger partial charge is 0.475 e. The molecule has 0 spiro atoms. The highest BCUT2D eigenvalue weighted by molar-refractivity contribution is 5.91. The van der Waals surface area contributed by atoms with Crippen LogP contribution in [0, 0.1) is 18.6 Å². The van der Waals surface area contributed by atoms with E-state index in [1.54, 1.807) is 16.4 Å². The Balaban J connectivity index is 0.000000383. The molecule has 33 heavy (non-hydrogen) atoms. The van der Waals surface area contributed by atoms with Gasteiger partial charge in [0.1, 0.15) is 0 Å². The Hall–Kier alpha value is -2.73. The van der Waals surface area contributed by atoms with Gasteiger partial charge >= 0.3 is 12.1 Å². The third-order valence-corrected chi connectivity index (χ3v) is 6.11. The number of aromatic nitrogens is 1. The van der Waals surface area contributed by atoms with Crippen LogP contribution in [0.15, 0.2) is 10.9 Å². The molecule has 2 aliphatic rings. The van der Waals surface area contributed by atoms with Crippen LogP contribution in [0.4, 0.5) is 27.6 Å². The van der Waals surface area contributed by atoms with Crippen LogP contribution in [0.1, 0.15) is 42.9 Å². The summed E-state index contributed by atoms with van der Waals surface area (Å²) in [6, 6.07) is 1.33. The molecule has 1 saturated carbocycles. The maximum absolute atomic E-state index is 15.1. The number of fused-ring (bicyclic) bond motifs is 1. The van der Waals surface area contributed by atoms with Gasteiger partial charge in [-0.05, 0) is 38.2 Å². The van der Waals surface area contributed by atoms with Gasteiger partial charge in [-0.25, -0.2) is 13.6 Å². The maximum Gasteiger partial charge on any atom is 0.490 e. The molecule has 1 saturated heterocycles. The standard InChI is InChI=1S/C19H24F2N4O.C2HF3O2/c1-10-18-15(11(8-22)7-14(26)25(18)13-3-2-4-13)16(20)17(21)19(10)24-6-5-12(23)9-24;3-2(4,5)1(6)7/h7,12-13H,2-6,8-9,22-23H2,1H3;(H,6,7)/t12-;/m0./s1. The number of halogens is 5. The normalized spacial score (nSPS) is 18.8. The van der Waals surface area contributed by atoms with Crippen LogP contribution in [0.2, 0.25) is 0 Å². The van der Waals surface area contributed by atoms with E-state index >= 15 is 8.78 Å². The van der Waals surface area contributed by atoms with Crippen molar-refractivity contribution in [3.8, 4) is 0 Å². The van der Waals surface area contributed by atoms with Gasteiger partial charge in [0.15, 0.2) is 11.6 Å². The van der Waals surface area contributed by atoms with Crippen molar-refractivity contribution in [1.29, 1.82) is 0 Å². The SMILES string of the molecule is Cc1c(N2CC[C@H](N)C2)c(F)c(F)c2c(CN)cc(=O)n(C3CCC3)c12.O=C(O)C(F)(F)F. The van der Waals surface area contributed by atoms with Crippen molar-refractivity contribution >= 4 is 22.6 Å². The molecule has 5 N–H and O–H groups in total. The summed E-state index contributed by atoms with van der Waals surface area (Å²) in [6.45, 7) is 2.81. The number of alkyl halides is 3. The van der Waals surface area contributed by atoms with Gasteiger partial charge in [0.2, 0.25) is 0 Å². The van der Waals surface area contributed by atoms with E-state index in [2.05, 4.69) is 0 Å². The van der Waals surface area contributed by atoms with E-state index in [1.165, 1.54) is 6.07 Å². The first-order chi connectivity index (χ1) is 15.4. The number of nitrogens with two attached hydrogens (primary N) is 2. The molecule has 1 atom stereocenters. The molecular formula is C21H25F5N4O3. The summed E-state index contributed by atoms with van der Waals surface area (Å²) in [5.74, 6) is -4.56. The molecular weight excluding hydrogens is 451 g/mol. The van der Waals surface area contributed by atoms with Gasteiger partial charge in [-0.3, -0.25) is 4.79 Å². The summed E-state index contributed by atoms with van der Waals surface area (Å²) in [5, 5.41) is 7.27. The molecule has 0 radical (unpaired) electrons. The van der Waals surface area contributed by atoms with Crippen LogP contribution in [0.25, 0.3) is 10.9 Å². The summed E-state index contributed by atoms with van der Waals surface area (Å²) in [7, 11) is 0. The average molecular weight is 476 g/mol. The summed E-state index contributed by atoms with van der Waals surface area (Å²) < 4.78 is 63.5. The fourth-order valence-electron chi connectivity index (χ4n) is 4.31. The quantitative estimate of drug-likeness (QED) is 0.587. The molecule has 0 unspecified atom stereocenters. The van der Waals surface area contributed by atoms with Crippen molar-refractivity contribution in [2.24, 2.45) is 11.5 Å². The van der Waals surface area contributed by atoms with E-state index in [0.29, 0.717) is 29.7 Å². The predicted octanol–water partition coefficient (Wildman–Crippen LogP) is 2.94. The van der Waals surface area contributed by atoms with Gasteiger partial charge < -0.3 is 26.0 Å². The number of carbonyl (C=O) groups is 1. The number of aryl methyl sites for hydroxylation is 1. The zero-order valence-electron chi connectivity index (χ0n) is 17.9. The summed E-state index contributed by atoms with van der Waals surface area (Å²) >= 11 is 0. The van der Waals surface area contributed by atoms with Crippen molar-refractivity contribution in [3.05, 3.63) is 39.2 Å². The van der Waals surface area contributed by atoms with Crippen LogP contribution < -0.4 is 21.9 Å². The molecule has 1 aliphatic heterocycles. The van der Waals surface area contributed by atoms with E-state index in [-0.39, 0.29) is 35.3 Å². The fraction of sp³-hybridized carbons (Fsp3) is 0.524. The Bertz CT molecular complexity index is 1130. The number of nitrogens with zero attached hydrogens (tertiary/aromatic N) is 2. The Morgan fingerprint density at radius 1 is 1.21 bits per heavy atom. The monoisotopic (exact) mass is 476 g/mol. The average Bonchev–Trinajstić information content (AvgIpc) is 3.11. The molecule has 12 heteroatoms. The minimum atomic E-state index is -5.08. The lowest BCUT2D eigenvalue weighted by atomic mass is 9.91. The number of carboxylic acids is 1. The number of aliphatic carboxylic acids is 1. The predicted molar refractivity (Wildman–Crippen MR) is 112 cm³/mol. The van der Waals surface area contributed by atoms with Crippen molar-refractivity contribution in [2.45, 2.75) is 57.4 Å². The van der Waals surface area contributed by atoms with E-state index in [4.69, 9.17) is 21.4 Å². The number of pyridine rings is 1. The minimum Gasteiger partial charge on any atom is -0.475 e. The lowest BCUT2D eigenvalue weighted by Crippen LogP contribution is -2.32. The first kappa shape index (κ1) is 24.9. The van der Waals surface area contributed by atoms with Gasteiger partial charge in [-0.15, -0.1) is 0 Å². The molecule has 1 aromatic heterocycles. The maximum atomic E-state index is 15.1. The van der Waals surface area contributed by atoms with Crippen LogP contribution in [0.5, 0.6) is 0 Å². The number of carboxylic acid groups (broad SMARTS) is 1. The van der Waals surface area contributed by atoms with Crippen molar-refractivity contribution in [3.63, 3.8) is 0 Å². The van der Waals surface area contributed by atoms with Crippen molar-refractivity contribution in [2.75, 3.05) is 18.0 Å². The number of rotatable bonds is 3. The summed E-state index contributed by atoms with van der Waals surface area (Å²) in [5.41, 5.74) is 13.2. The molecule has 2 aromatic rings. The molecule has 0 bridgehead atoms. The summed E-state index contributed by atoms with van der Waals surface area (Å²) in [4.78, 5) is 23.4. The first-order valence-electron chi connectivity index (χ1n) is 10.4. The van der Waals surface area contributed by atoms with Crippen LogP contribution in [-0.2, 0) is 11.3 Å². The molecule has 2 fully saturated rings. The lowest BCUT2D eigenvalue weighted by Gasteiger charge is -2.31. The van der Waals surface area contributed by atoms with Crippen molar-refractivity contribution < 1.29 is 31.9 Å². The van der Waals surface area contributed by atoms with Gasteiger partial charge in [-0.1, -0.05) is 0 Å². The second kappa shape index (κ2) is 9.26. The fourth-order valence-corrected chi connectivity index (χ4v) is 4.31. The largest absolute Gasteiger partial charge is 0.490 e. The number of hydrogen-bond donors (Lipinski definition) is 3. The molecule has 1 aliphatic carbocycles. The topological polar surface area (TPSA) is 115 Å². The second-order valence-electron chi connectivity index (χ2n) is 8.29. The zero-order valence-corrected chi connectivity index (χ0v) is 17.9. The molecule has 7 nitrogen and oxygen atoms in total. The van der Waals surface area contributed by atoms with Crippen LogP contribution in [-0.4, -0.2) is 41.0 Å². The third-order valence-electron chi connectivity index (χ3n) is 6.11. The van der Waals surface area contributed by atoms with Gasteiger partial charge in [0, 0.05) is 48.7 Å². The number of benzene rings is 1. The Morgan fingerprint density at radius 3 is 2.24 bits per heavy atom. The second-order valence-corrected chi connectivity index (χ2v) is 8.29. The lowest BCUT2D eigenvalue weighted by molar-refractivity contribution is -0.192. The molecule has 0 amide bonds. The van der Waals surface area contributed by atoms with Gasteiger partial charge in [0.25, 0.3) is 5.56 Å². The third kappa shape index (κ3) is 4.67. The van der Waals surface area contributed by atoms with Gasteiger partial charge in [-0.2, -0.15) is 13.2 Å². The Morgan fingerprint density at radius 2 is 1.82 bits per heavy atom. The van der Waals surface area contributed by atoms with E-state index in [0.717, 1.165) is 25.7 Å². The summed E-state index contributed by atoms with van der Waals surface area (Å²) in [6.07, 6.45) is -1.57. The Labute approximate surface area is 185 Å². The van der Waals surface area contributed by atoms with E-state index < -0.39 is 23.8 Å². The molecule has 182 valence electrons. The highest BCUT2D eigenvalue weighted by Gasteiger charge is 2.38. The van der Waals surface area contributed by atoms with Gasteiger partial charge in [0.05, 0.1) is 11.2 Å². The van der Waals surface area contributed by atoms with Crippen molar-refractivity contribution in [1.82, 2.24) is 4.57 Å². The van der Waals surface area contributed by atoms with Crippen LogP contribution >= 0.6 is 0 Å². The van der Waals surface area contributed by atoms with E-state index in [1.807, 2.05) is 0 Å². The molecule has 2 heterocycles. The minimum absolute atomic E-state index is 0.0129. The molecule has 4 rings (SSSR count). The van der Waals surface area contributed by atoms with E-state index in [9.17, 15) is 18.0 Å². The first-order valence-corrected chi connectivity index (χ1v) is 10.4. The number of hydrogen-bond acceptors (Lipinski definition) is 5. The Kier molecular flexibility index (Phi) is 6.99. The molecule has 1 aromatic carbocycles.